The topological polar surface area (TPSA) is 99.8 Å². The lowest BCUT2D eigenvalue weighted by atomic mass is 10.1. The summed E-state index contributed by atoms with van der Waals surface area (Å²) in [6, 6.07) is 17.4. The molecule has 29 heavy (non-hydrogen) atoms. The van der Waals surface area contributed by atoms with Crippen molar-refractivity contribution in [2.75, 3.05) is 26.2 Å². The average Bonchev–Trinajstić information content (AvgIpc) is 2.73. The highest BCUT2D eigenvalue weighted by molar-refractivity contribution is 14.0. The molecule has 0 radical (unpaired) electrons. The summed E-state index contributed by atoms with van der Waals surface area (Å²) in [6.45, 7) is 2.28. The molecule has 0 unspecified atom stereocenters. The smallest absolute Gasteiger partial charge is 0.254 e. The maximum Gasteiger partial charge on any atom is 0.254 e. The van der Waals surface area contributed by atoms with Crippen LogP contribution in [0.5, 0.6) is 0 Å². The first-order valence-electron chi connectivity index (χ1n) is 9.34. The average molecular weight is 507 g/mol. The Morgan fingerprint density at radius 2 is 1.83 bits per heavy atom. The number of halogens is 1. The van der Waals surface area contributed by atoms with Crippen LogP contribution in [0.2, 0.25) is 0 Å². The van der Waals surface area contributed by atoms with Gasteiger partial charge in [0.25, 0.3) is 5.91 Å². The highest BCUT2D eigenvalue weighted by atomic mass is 127. The van der Waals surface area contributed by atoms with Crippen molar-refractivity contribution in [3.05, 3.63) is 71.3 Å². The van der Waals surface area contributed by atoms with Crippen LogP contribution in [0.4, 0.5) is 0 Å². The molecule has 3 rings (SSSR count). The predicted octanol–water partition coefficient (Wildman–Crippen LogP) is 1.52. The van der Waals surface area contributed by atoms with Gasteiger partial charge in [-0.25, -0.2) is 4.99 Å². The van der Waals surface area contributed by atoms with Crippen LogP contribution in [0.3, 0.4) is 0 Å². The fraction of sp³-hybridized carbons (Fsp3) is 0.286. The molecule has 7 nitrogen and oxygen atoms in total. The number of aliphatic imine (C=N–C) groups is 1. The Balaban J connectivity index is 0.00000300. The van der Waals surface area contributed by atoms with Crippen LogP contribution in [-0.2, 0) is 17.8 Å². The van der Waals surface area contributed by atoms with Crippen molar-refractivity contribution in [1.29, 1.82) is 0 Å². The predicted molar refractivity (Wildman–Crippen MR) is 124 cm³/mol. The minimum absolute atomic E-state index is 0. The highest BCUT2D eigenvalue weighted by Gasteiger charge is 2.21. The monoisotopic (exact) mass is 507 g/mol. The van der Waals surface area contributed by atoms with E-state index in [1.54, 1.807) is 17.0 Å². The fourth-order valence-electron chi connectivity index (χ4n) is 2.96. The largest absolute Gasteiger partial charge is 0.370 e. The lowest BCUT2D eigenvalue weighted by Gasteiger charge is -2.26. The van der Waals surface area contributed by atoms with Crippen LogP contribution in [0, 0.1) is 0 Å². The van der Waals surface area contributed by atoms with Gasteiger partial charge in [0.05, 0.1) is 13.1 Å². The molecule has 1 heterocycles. The van der Waals surface area contributed by atoms with Gasteiger partial charge in [-0.1, -0.05) is 42.5 Å². The Bertz CT molecular complexity index is 840. The number of nitrogens with one attached hydrogen (secondary N) is 2. The summed E-state index contributed by atoms with van der Waals surface area (Å²) in [5.41, 5.74) is 8.68. The summed E-state index contributed by atoms with van der Waals surface area (Å²) in [5, 5.41) is 5.82. The molecule has 0 bridgehead atoms. The zero-order valence-electron chi connectivity index (χ0n) is 16.1. The Morgan fingerprint density at radius 3 is 2.52 bits per heavy atom. The molecule has 1 fully saturated rings. The Morgan fingerprint density at radius 1 is 1.10 bits per heavy atom. The van der Waals surface area contributed by atoms with E-state index in [1.807, 2.05) is 30.3 Å². The first-order chi connectivity index (χ1) is 13.6. The van der Waals surface area contributed by atoms with E-state index in [2.05, 4.69) is 27.8 Å². The fourth-order valence-corrected chi connectivity index (χ4v) is 2.96. The van der Waals surface area contributed by atoms with Gasteiger partial charge in [0.2, 0.25) is 5.91 Å². The zero-order valence-corrected chi connectivity index (χ0v) is 18.5. The van der Waals surface area contributed by atoms with E-state index in [-0.39, 0.29) is 42.3 Å². The molecule has 2 aromatic rings. The van der Waals surface area contributed by atoms with Crippen molar-refractivity contribution in [3.63, 3.8) is 0 Å². The first-order valence-corrected chi connectivity index (χ1v) is 9.34. The molecule has 0 aliphatic carbocycles. The van der Waals surface area contributed by atoms with E-state index in [0.29, 0.717) is 31.2 Å². The SMILES string of the molecule is I.NC(=NCc1ccc(C(=O)N2CCNC(=O)C2)cc1)NCCc1ccccc1. The van der Waals surface area contributed by atoms with Gasteiger partial charge in [-0.2, -0.15) is 0 Å². The number of carbonyl (C=O) groups is 2. The maximum atomic E-state index is 12.4. The van der Waals surface area contributed by atoms with E-state index in [9.17, 15) is 9.59 Å². The van der Waals surface area contributed by atoms with Crippen molar-refractivity contribution >= 4 is 41.8 Å². The summed E-state index contributed by atoms with van der Waals surface area (Å²) in [4.78, 5) is 29.8. The van der Waals surface area contributed by atoms with Gasteiger partial charge >= 0.3 is 0 Å². The molecule has 0 aromatic heterocycles. The number of rotatable bonds is 6. The van der Waals surface area contributed by atoms with Gasteiger partial charge in [-0.05, 0) is 29.7 Å². The summed E-state index contributed by atoms with van der Waals surface area (Å²) >= 11 is 0. The maximum absolute atomic E-state index is 12.4. The van der Waals surface area contributed by atoms with E-state index in [4.69, 9.17) is 5.73 Å². The molecular formula is C21H26IN5O2. The van der Waals surface area contributed by atoms with Gasteiger partial charge in [-0.15, -0.1) is 24.0 Å². The van der Waals surface area contributed by atoms with E-state index in [1.165, 1.54) is 5.56 Å². The van der Waals surface area contributed by atoms with Gasteiger partial charge in [-0.3, -0.25) is 9.59 Å². The second-order valence-electron chi connectivity index (χ2n) is 6.64. The lowest BCUT2D eigenvalue weighted by Crippen LogP contribution is -2.49. The van der Waals surface area contributed by atoms with Crippen LogP contribution >= 0.6 is 24.0 Å². The molecule has 2 aromatic carbocycles. The summed E-state index contributed by atoms with van der Waals surface area (Å²) < 4.78 is 0. The third-order valence-electron chi connectivity index (χ3n) is 4.52. The zero-order chi connectivity index (χ0) is 19.8. The third kappa shape index (κ3) is 7.04. The summed E-state index contributed by atoms with van der Waals surface area (Å²) in [6.07, 6.45) is 0.877. The van der Waals surface area contributed by atoms with Crippen molar-refractivity contribution in [1.82, 2.24) is 15.5 Å². The third-order valence-corrected chi connectivity index (χ3v) is 4.52. The number of nitrogens with two attached hydrogens (primary N) is 1. The van der Waals surface area contributed by atoms with Gasteiger partial charge < -0.3 is 21.3 Å². The molecule has 4 N–H and O–H groups in total. The van der Waals surface area contributed by atoms with E-state index >= 15 is 0 Å². The number of piperazine rings is 1. The van der Waals surface area contributed by atoms with E-state index < -0.39 is 0 Å². The molecule has 8 heteroatoms. The van der Waals surface area contributed by atoms with Crippen LogP contribution in [0.25, 0.3) is 0 Å². The number of carbonyl (C=O) groups excluding carboxylic acids is 2. The van der Waals surface area contributed by atoms with Crippen molar-refractivity contribution in [2.24, 2.45) is 10.7 Å². The van der Waals surface area contributed by atoms with Crippen molar-refractivity contribution < 1.29 is 9.59 Å². The molecule has 1 aliphatic rings. The molecule has 0 atom stereocenters. The molecule has 0 spiro atoms. The van der Waals surface area contributed by atoms with Gasteiger partial charge in [0, 0.05) is 25.2 Å². The normalized spacial score (nSPS) is 14.0. The number of nitrogens with zero attached hydrogens (tertiary/aromatic N) is 2. The molecule has 2 amide bonds. The number of amides is 2. The van der Waals surface area contributed by atoms with Crippen LogP contribution in [-0.4, -0.2) is 48.9 Å². The minimum atomic E-state index is -0.132. The lowest BCUT2D eigenvalue weighted by molar-refractivity contribution is -0.123. The van der Waals surface area contributed by atoms with E-state index in [0.717, 1.165) is 18.5 Å². The van der Waals surface area contributed by atoms with Gasteiger partial charge in [0.1, 0.15) is 0 Å². The Hall–Kier alpha value is -2.62. The Kier molecular flexibility index (Phi) is 8.91. The number of hydrogen-bond donors (Lipinski definition) is 3. The summed E-state index contributed by atoms with van der Waals surface area (Å²) in [5.74, 6) is 0.142. The second kappa shape index (κ2) is 11.4. The Labute approximate surface area is 187 Å². The van der Waals surface area contributed by atoms with Crippen molar-refractivity contribution in [2.45, 2.75) is 13.0 Å². The van der Waals surface area contributed by atoms with Crippen LogP contribution in [0.1, 0.15) is 21.5 Å². The van der Waals surface area contributed by atoms with Crippen molar-refractivity contribution in [3.8, 4) is 0 Å². The molecule has 0 saturated carbocycles. The second-order valence-corrected chi connectivity index (χ2v) is 6.64. The number of guanidine groups is 1. The minimum Gasteiger partial charge on any atom is -0.370 e. The molecule has 154 valence electrons. The quantitative estimate of drug-likeness (QED) is 0.314. The number of hydrogen-bond acceptors (Lipinski definition) is 3. The molecule has 1 aliphatic heterocycles. The van der Waals surface area contributed by atoms with Gasteiger partial charge in [0.15, 0.2) is 5.96 Å². The van der Waals surface area contributed by atoms with Crippen LogP contribution in [0.15, 0.2) is 59.6 Å². The molecular weight excluding hydrogens is 481 g/mol. The van der Waals surface area contributed by atoms with Crippen LogP contribution < -0.4 is 16.4 Å². The standard InChI is InChI=1S/C21H25N5O2.HI/c22-21(24-11-10-16-4-2-1-3-5-16)25-14-17-6-8-18(9-7-17)20(28)26-13-12-23-19(27)15-26;/h1-9H,10-15H2,(H,23,27)(H3,22,24,25);1H. The molecule has 1 saturated heterocycles. The highest BCUT2D eigenvalue weighted by Crippen LogP contribution is 2.10. The summed E-state index contributed by atoms with van der Waals surface area (Å²) in [7, 11) is 0. The number of benzene rings is 2. The first kappa shape index (κ1) is 22.7.